The molecule has 0 bridgehead atoms. The summed E-state index contributed by atoms with van der Waals surface area (Å²) in [7, 11) is -10.7. The number of thiol groups is 1. The molecule has 19 heteroatoms. The van der Waals surface area contributed by atoms with Crippen molar-refractivity contribution in [1.82, 2.24) is 0 Å². The first kappa shape index (κ1) is 57.4. The van der Waals surface area contributed by atoms with Gasteiger partial charge >= 0.3 is 27.6 Å². The molecule has 0 aromatic rings. The molecule has 16 nitrogen and oxygen atoms in total. The Balaban J connectivity index is 2.60. The average molecular weight is 923 g/mol. The van der Waals surface area contributed by atoms with Gasteiger partial charge in [0.25, 0.3) is 0 Å². The summed E-state index contributed by atoms with van der Waals surface area (Å²) in [4.78, 5) is 54.1. The van der Waals surface area contributed by atoms with Crippen LogP contribution in [0.4, 0.5) is 0 Å². The van der Waals surface area contributed by atoms with Crippen LogP contribution in [-0.4, -0.2) is 109 Å². The van der Waals surface area contributed by atoms with Gasteiger partial charge in [0.1, 0.15) is 43.2 Å². The van der Waals surface area contributed by atoms with Crippen molar-refractivity contribution in [3.05, 3.63) is 0 Å². The highest BCUT2D eigenvalue weighted by molar-refractivity contribution is 7.80. The zero-order chi connectivity index (χ0) is 44.7. The number of carbonyl (C=O) groups is 2. The Morgan fingerprint density at radius 3 is 1.32 bits per heavy atom. The number of aliphatic hydroxyl groups is 4. The quantitative estimate of drug-likeness (QED) is 0.0127. The van der Waals surface area contributed by atoms with E-state index >= 15 is 0 Å². The lowest BCUT2D eigenvalue weighted by Gasteiger charge is -2.43. The Kier molecular flexibility index (Phi) is 33.2. The van der Waals surface area contributed by atoms with Gasteiger partial charge in [-0.3, -0.25) is 23.2 Å². The molecule has 0 spiro atoms. The summed E-state index contributed by atoms with van der Waals surface area (Å²) >= 11 is 4.25. The number of carbonyl (C=O) groups excluding carboxylic acids is 2. The van der Waals surface area contributed by atoms with E-state index in [1.165, 1.54) is 103 Å². The smallest absolute Gasteiger partial charge is 0.462 e. The molecule has 0 aromatic carbocycles. The van der Waals surface area contributed by atoms with Gasteiger partial charge in [0.05, 0.1) is 6.61 Å². The normalized spacial score (nSPS) is 22.4. The summed E-state index contributed by atoms with van der Waals surface area (Å²) in [5, 5.41) is 41.2. The zero-order valence-electron chi connectivity index (χ0n) is 36.1. The van der Waals surface area contributed by atoms with Crippen LogP contribution in [0.3, 0.4) is 0 Å². The molecule has 0 aromatic heterocycles. The third-order valence-electron chi connectivity index (χ3n) is 10.7. The van der Waals surface area contributed by atoms with Crippen molar-refractivity contribution in [3.63, 3.8) is 0 Å². The van der Waals surface area contributed by atoms with Crippen molar-refractivity contribution in [2.75, 3.05) is 19.0 Å². The molecule has 0 aliphatic heterocycles. The topological polar surface area (TPSA) is 256 Å². The lowest BCUT2D eigenvalue weighted by molar-refractivity contribution is -0.216. The van der Waals surface area contributed by atoms with Crippen LogP contribution in [-0.2, 0) is 41.8 Å². The van der Waals surface area contributed by atoms with E-state index in [0.29, 0.717) is 12.8 Å². The molecule has 0 radical (unpaired) electrons. The first-order valence-electron chi connectivity index (χ1n) is 22.7. The van der Waals surface area contributed by atoms with Gasteiger partial charge in [-0.15, -0.1) is 0 Å². The number of hydrogen-bond donors (Lipinski definition) is 8. The van der Waals surface area contributed by atoms with Gasteiger partial charge in [0, 0.05) is 12.8 Å². The van der Waals surface area contributed by atoms with Crippen molar-refractivity contribution in [3.8, 4) is 0 Å². The van der Waals surface area contributed by atoms with Crippen LogP contribution in [0.25, 0.3) is 0 Å². The lowest BCUT2D eigenvalue weighted by Crippen LogP contribution is -2.64. The molecule has 1 rings (SSSR count). The van der Waals surface area contributed by atoms with Crippen LogP contribution >= 0.6 is 28.3 Å². The second-order valence-corrected chi connectivity index (χ2v) is 19.3. The number of rotatable bonds is 39. The van der Waals surface area contributed by atoms with Crippen LogP contribution in [0, 0.1) is 0 Å². The van der Waals surface area contributed by atoms with Crippen molar-refractivity contribution in [1.29, 1.82) is 0 Å². The number of esters is 2. The van der Waals surface area contributed by atoms with E-state index in [1.54, 1.807) is 0 Å². The Morgan fingerprint density at radius 1 is 0.517 bits per heavy atom. The van der Waals surface area contributed by atoms with Crippen molar-refractivity contribution in [2.24, 2.45) is 0 Å². The molecule has 356 valence electrons. The number of aliphatic hydroxyl groups excluding tert-OH is 4. The Hall–Kier alpha value is -0.650. The maximum atomic E-state index is 12.9. The minimum absolute atomic E-state index is 0.0494. The number of phosphoric acid groups is 2. The minimum atomic E-state index is -5.36. The highest BCUT2D eigenvalue weighted by Gasteiger charge is 2.54. The third-order valence-corrected chi connectivity index (χ3v) is 12.6. The zero-order valence-corrected chi connectivity index (χ0v) is 38.8. The fraction of sp³-hybridized carbons (Fsp3) is 0.951. The van der Waals surface area contributed by atoms with Crippen molar-refractivity contribution >= 4 is 40.2 Å². The second-order valence-electron chi connectivity index (χ2n) is 16.2. The molecular formula is C41H80O16P2S. The number of unbranched alkanes of at least 4 members (excludes halogenated alkanes) is 24. The van der Waals surface area contributed by atoms with E-state index in [4.69, 9.17) is 28.3 Å². The summed E-state index contributed by atoms with van der Waals surface area (Å²) in [6.07, 6.45) is 14.7. The highest BCUT2D eigenvalue weighted by atomic mass is 32.1. The fourth-order valence-electron chi connectivity index (χ4n) is 7.18. The predicted octanol–water partition coefficient (Wildman–Crippen LogP) is 7.75. The summed E-state index contributed by atoms with van der Waals surface area (Å²) in [6, 6.07) is 0. The highest BCUT2D eigenvalue weighted by Crippen LogP contribution is 2.49. The Labute approximate surface area is 364 Å². The minimum Gasteiger partial charge on any atom is -0.462 e. The predicted molar refractivity (Wildman–Crippen MR) is 231 cm³/mol. The van der Waals surface area contributed by atoms with E-state index in [0.717, 1.165) is 57.1 Å². The number of phosphoric ester groups is 2. The van der Waals surface area contributed by atoms with Crippen LogP contribution in [0.15, 0.2) is 0 Å². The largest absolute Gasteiger partial charge is 0.472 e. The summed E-state index contributed by atoms with van der Waals surface area (Å²) in [5.41, 5.74) is 0. The molecule has 7 N–H and O–H groups in total. The van der Waals surface area contributed by atoms with Gasteiger partial charge in [-0.25, -0.2) is 9.13 Å². The maximum absolute atomic E-state index is 12.9. The van der Waals surface area contributed by atoms with Crippen molar-refractivity contribution in [2.45, 2.75) is 229 Å². The molecule has 60 heavy (non-hydrogen) atoms. The molecule has 0 saturated heterocycles. The number of hydrogen-bond acceptors (Lipinski definition) is 14. The van der Waals surface area contributed by atoms with Gasteiger partial charge in [0.15, 0.2) is 6.10 Å². The first-order chi connectivity index (χ1) is 28.6. The molecule has 1 saturated carbocycles. The maximum Gasteiger partial charge on any atom is 0.472 e. The SMILES string of the molecule is CCCCCCCCCCCCCCCC(=O)O[C@H](COC(=O)CCCCCCCCCCCCCCCS)COP(=O)(O)OC1C(O)[C@H](O)C(O)[C@H](OP(=O)(O)O)[C@@H]1O. The summed E-state index contributed by atoms with van der Waals surface area (Å²) < 4.78 is 49.3. The fourth-order valence-corrected chi connectivity index (χ4v) is 8.95. The average Bonchev–Trinajstić information content (AvgIpc) is 3.20. The summed E-state index contributed by atoms with van der Waals surface area (Å²) in [6.45, 7) is 0.883. The molecule has 8 atom stereocenters. The van der Waals surface area contributed by atoms with Crippen LogP contribution < -0.4 is 0 Å². The van der Waals surface area contributed by atoms with E-state index in [1.807, 2.05) is 0 Å². The van der Waals surface area contributed by atoms with Crippen LogP contribution in [0.5, 0.6) is 0 Å². The van der Waals surface area contributed by atoms with Crippen molar-refractivity contribution < 1.29 is 76.9 Å². The summed E-state index contributed by atoms with van der Waals surface area (Å²) in [5.74, 6) is -0.241. The first-order valence-corrected chi connectivity index (χ1v) is 26.4. The van der Waals surface area contributed by atoms with Gasteiger partial charge < -0.3 is 44.6 Å². The standard InChI is InChI=1S/C41H80O16P2S/c1-2-3-4-5-6-7-8-10-14-17-20-23-26-29-35(43)55-33(31-53-34(42)28-25-22-19-16-13-11-9-12-15-18-21-24-27-30-60)32-54-59(51,52)57-41-38(46)36(44)37(45)40(39(41)47)56-58(48,49)50/h33,36-41,44-47,60H,2-32H2,1H3,(H,51,52)(H2,48,49,50)/t33-,36-,37?,38?,39+,40+,41?/m1/s1. The second kappa shape index (κ2) is 34.7. The molecule has 0 heterocycles. The van der Waals surface area contributed by atoms with Gasteiger partial charge in [-0.2, -0.15) is 12.6 Å². The van der Waals surface area contributed by atoms with Gasteiger partial charge in [-0.1, -0.05) is 155 Å². The molecule has 1 aliphatic rings. The molecular weight excluding hydrogens is 842 g/mol. The monoisotopic (exact) mass is 922 g/mol. The van der Waals surface area contributed by atoms with E-state index in [9.17, 15) is 44.0 Å². The van der Waals surface area contributed by atoms with E-state index < -0.39 is 83.5 Å². The Bertz CT molecular complexity index is 1200. The van der Waals surface area contributed by atoms with Crippen LogP contribution in [0.1, 0.15) is 187 Å². The molecule has 0 amide bonds. The Morgan fingerprint density at radius 2 is 0.900 bits per heavy atom. The van der Waals surface area contributed by atoms with E-state index in [-0.39, 0.29) is 12.8 Å². The molecule has 1 aliphatic carbocycles. The molecule has 1 fully saturated rings. The number of ether oxygens (including phenoxy) is 2. The molecule has 4 unspecified atom stereocenters. The van der Waals surface area contributed by atoms with Gasteiger partial charge in [-0.05, 0) is 25.0 Å². The van der Waals surface area contributed by atoms with Gasteiger partial charge in [0.2, 0.25) is 0 Å². The lowest BCUT2D eigenvalue weighted by atomic mass is 9.85. The van der Waals surface area contributed by atoms with Crippen LogP contribution in [0.2, 0.25) is 0 Å². The third kappa shape index (κ3) is 28.9. The van der Waals surface area contributed by atoms with E-state index in [2.05, 4.69) is 24.1 Å².